The van der Waals surface area contributed by atoms with Crippen LogP contribution in [0.15, 0.2) is 47.5 Å². The second-order valence-electron chi connectivity index (χ2n) is 6.55. The van der Waals surface area contributed by atoms with Crippen molar-refractivity contribution in [2.24, 2.45) is 4.99 Å². The van der Waals surface area contributed by atoms with Gasteiger partial charge in [0.25, 0.3) is 0 Å². The fourth-order valence-electron chi connectivity index (χ4n) is 3.21. The van der Waals surface area contributed by atoms with E-state index in [2.05, 4.69) is 15.6 Å². The molecule has 2 aromatic rings. The Morgan fingerprint density at radius 1 is 1.14 bits per heavy atom. The number of halogens is 2. The van der Waals surface area contributed by atoms with Crippen molar-refractivity contribution in [2.45, 2.75) is 24.8 Å². The van der Waals surface area contributed by atoms with Gasteiger partial charge < -0.3 is 20.1 Å². The molecule has 28 heavy (non-hydrogen) atoms. The van der Waals surface area contributed by atoms with Crippen LogP contribution in [0.2, 0.25) is 0 Å². The van der Waals surface area contributed by atoms with E-state index >= 15 is 0 Å². The smallest absolute Gasteiger partial charge is 0.191 e. The maximum atomic E-state index is 13.9. The molecule has 0 spiro atoms. The lowest BCUT2D eigenvalue weighted by atomic mass is 10.1. The third kappa shape index (κ3) is 5.50. The van der Waals surface area contributed by atoms with Crippen LogP contribution in [-0.2, 0) is 6.42 Å². The normalized spacial score (nSPS) is 18.1. The molecule has 5 nitrogen and oxygen atoms in total. The number of nitrogens with zero attached hydrogens (tertiary/aromatic N) is 1. The van der Waals surface area contributed by atoms with E-state index in [0.29, 0.717) is 0 Å². The summed E-state index contributed by atoms with van der Waals surface area (Å²) >= 11 is 0. The lowest BCUT2D eigenvalue weighted by Gasteiger charge is -2.13. The summed E-state index contributed by atoms with van der Waals surface area (Å²) in [5.74, 6) is 2.25. The first-order valence-electron chi connectivity index (χ1n) is 9.08. The largest absolute Gasteiger partial charge is 0.493 e. The molecule has 1 aliphatic rings. The Morgan fingerprint density at radius 2 is 1.89 bits per heavy atom. The summed E-state index contributed by atoms with van der Waals surface area (Å²) in [5.41, 5.74) is 1.92. The average molecular weight is 499 g/mol. The van der Waals surface area contributed by atoms with Gasteiger partial charge in [-0.2, -0.15) is 0 Å². The molecule has 2 aromatic carbocycles. The van der Waals surface area contributed by atoms with Crippen LogP contribution in [0.5, 0.6) is 11.5 Å². The number of hydrogen-bond donors (Lipinski definition) is 2. The molecule has 1 saturated carbocycles. The number of rotatable bonds is 7. The minimum absolute atomic E-state index is 0. The van der Waals surface area contributed by atoms with Gasteiger partial charge in [-0.3, -0.25) is 4.99 Å². The van der Waals surface area contributed by atoms with Gasteiger partial charge in [0.2, 0.25) is 0 Å². The molecule has 0 aromatic heterocycles. The molecular weight excluding hydrogens is 472 g/mol. The van der Waals surface area contributed by atoms with Gasteiger partial charge in [-0.15, -0.1) is 24.0 Å². The van der Waals surface area contributed by atoms with E-state index < -0.39 is 0 Å². The van der Waals surface area contributed by atoms with E-state index in [-0.39, 0.29) is 41.8 Å². The number of benzene rings is 2. The minimum Gasteiger partial charge on any atom is -0.493 e. The maximum Gasteiger partial charge on any atom is 0.191 e. The molecule has 3 rings (SSSR count). The Hall–Kier alpha value is -2.03. The fourth-order valence-corrected chi connectivity index (χ4v) is 3.21. The number of methoxy groups -OCH3 is 2. The van der Waals surface area contributed by atoms with Crippen molar-refractivity contribution in [3.8, 4) is 11.5 Å². The molecule has 7 heteroatoms. The van der Waals surface area contributed by atoms with Gasteiger partial charge >= 0.3 is 0 Å². The number of ether oxygens (including phenoxy) is 2. The second-order valence-corrected chi connectivity index (χ2v) is 6.55. The molecule has 1 aliphatic carbocycles. The van der Waals surface area contributed by atoms with Crippen LogP contribution in [0.1, 0.15) is 23.5 Å². The molecule has 1 fully saturated rings. The SMILES string of the molecule is CN=C(NCCc1ccc(OC)c(OC)c1)NC1CC1c1ccccc1F.I. The summed E-state index contributed by atoms with van der Waals surface area (Å²) < 4.78 is 24.5. The third-order valence-corrected chi connectivity index (χ3v) is 4.79. The van der Waals surface area contributed by atoms with Gasteiger partial charge in [0, 0.05) is 25.6 Å². The van der Waals surface area contributed by atoms with E-state index in [1.54, 1.807) is 27.3 Å². The van der Waals surface area contributed by atoms with E-state index in [1.165, 1.54) is 6.07 Å². The molecule has 2 unspecified atom stereocenters. The van der Waals surface area contributed by atoms with Crippen LogP contribution in [-0.4, -0.2) is 39.8 Å². The summed E-state index contributed by atoms with van der Waals surface area (Å²) in [5, 5.41) is 6.69. The predicted octanol–water partition coefficient (Wildman–Crippen LogP) is 3.72. The highest BCUT2D eigenvalue weighted by Gasteiger charge is 2.40. The van der Waals surface area contributed by atoms with Crippen LogP contribution >= 0.6 is 24.0 Å². The van der Waals surface area contributed by atoms with E-state index in [9.17, 15) is 4.39 Å². The highest BCUT2D eigenvalue weighted by Crippen LogP contribution is 2.41. The Kier molecular flexibility index (Phi) is 8.35. The zero-order chi connectivity index (χ0) is 19.2. The Bertz CT molecular complexity index is 816. The molecule has 0 heterocycles. The molecule has 0 bridgehead atoms. The number of nitrogens with one attached hydrogen (secondary N) is 2. The zero-order valence-corrected chi connectivity index (χ0v) is 18.7. The van der Waals surface area contributed by atoms with Crippen LogP contribution in [0.25, 0.3) is 0 Å². The summed E-state index contributed by atoms with van der Waals surface area (Å²) in [7, 11) is 5.00. The molecule has 0 radical (unpaired) electrons. The third-order valence-electron chi connectivity index (χ3n) is 4.79. The van der Waals surface area contributed by atoms with Gasteiger partial charge in [-0.1, -0.05) is 24.3 Å². The summed E-state index contributed by atoms with van der Waals surface area (Å²) in [4.78, 5) is 4.27. The first-order valence-corrected chi connectivity index (χ1v) is 9.08. The number of aliphatic imine (C=N–C) groups is 1. The van der Waals surface area contributed by atoms with E-state index in [4.69, 9.17) is 9.47 Å². The Labute approximate surface area is 182 Å². The van der Waals surface area contributed by atoms with Crippen molar-refractivity contribution in [3.63, 3.8) is 0 Å². The van der Waals surface area contributed by atoms with Gasteiger partial charge in [-0.25, -0.2) is 4.39 Å². The molecule has 152 valence electrons. The lowest BCUT2D eigenvalue weighted by Crippen LogP contribution is -2.39. The Balaban J connectivity index is 0.00000280. The standard InChI is InChI=1S/C21H26FN3O2.HI/c1-23-21(25-18-13-16(18)15-6-4-5-7-17(15)22)24-11-10-14-8-9-19(26-2)20(12-14)27-3;/h4-9,12,16,18H,10-11,13H2,1-3H3,(H2,23,24,25);1H. The Morgan fingerprint density at radius 3 is 2.57 bits per heavy atom. The number of guanidine groups is 1. The highest BCUT2D eigenvalue weighted by molar-refractivity contribution is 14.0. The highest BCUT2D eigenvalue weighted by atomic mass is 127. The van der Waals surface area contributed by atoms with Crippen molar-refractivity contribution in [2.75, 3.05) is 27.8 Å². The predicted molar refractivity (Wildman–Crippen MR) is 121 cm³/mol. The topological polar surface area (TPSA) is 54.9 Å². The molecule has 2 N–H and O–H groups in total. The minimum atomic E-state index is -0.136. The lowest BCUT2D eigenvalue weighted by molar-refractivity contribution is 0.354. The van der Waals surface area contributed by atoms with Crippen molar-refractivity contribution in [3.05, 3.63) is 59.4 Å². The summed E-state index contributed by atoms with van der Waals surface area (Å²) in [6.45, 7) is 0.728. The van der Waals surface area contributed by atoms with Crippen LogP contribution in [0.3, 0.4) is 0 Å². The molecule has 0 saturated heterocycles. The first kappa shape index (κ1) is 22.3. The molecule has 2 atom stereocenters. The average Bonchev–Trinajstić information content (AvgIpc) is 3.46. The molecule has 0 aliphatic heterocycles. The van der Waals surface area contributed by atoms with Gasteiger partial charge in [0.1, 0.15) is 5.82 Å². The van der Waals surface area contributed by atoms with Crippen molar-refractivity contribution in [1.82, 2.24) is 10.6 Å². The van der Waals surface area contributed by atoms with Crippen molar-refractivity contribution in [1.29, 1.82) is 0 Å². The molecular formula is C21H27FIN3O2. The summed E-state index contributed by atoms with van der Waals surface area (Å²) in [6.07, 6.45) is 1.74. The zero-order valence-electron chi connectivity index (χ0n) is 16.4. The van der Waals surface area contributed by atoms with Gasteiger partial charge in [-0.05, 0) is 42.2 Å². The summed E-state index contributed by atoms with van der Waals surface area (Å²) in [6, 6.07) is 13.1. The van der Waals surface area contributed by atoms with Crippen molar-refractivity contribution >= 4 is 29.9 Å². The van der Waals surface area contributed by atoms with Gasteiger partial charge in [0.05, 0.1) is 14.2 Å². The first-order chi connectivity index (χ1) is 13.2. The monoisotopic (exact) mass is 499 g/mol. The van der Waals surface area contributed by atoms with Crippen LogP contribution < -0.4 is 20.1 Å². The fraction of sp³-hybridized carbons (Fsp3) is 0.381. The maximum absolute atomic E-state index is 13.9. The second kappa shape index (κ2) is 10.5. The van der Waals surface area contributed by atoms with Crippen molar-refractivity contribution < 1.29 is 13.9 Å². The van der Waals surface area contributed by atoms with Crippen LogP contribution in [0.4, 0.5) is 4.39 Å². The van der Waals surface area contributed by atoms with Gasteiger partial charge in [0.15, 0.2) is 17.5 Å². The number of hydrogen-bond acceptors (Lipinski definition) is 3. The molecule has 0 amide bonds. The van der Waals surface area contributed by atoms with Crippen LogP contribution in [0, 0.1) is 5.82 Å². The van der Waals surface area contributed by atoms with E-state index in [0.717, 1.165) is 48.0 Å². The van der Waals surface area contributed by atoms with E-state index in [1.807, 2.05) is 30.3 Å². The quantitative estimate of drug-likeness (QED) is 0.347.